The minimum Gasteiger partial charge on any atom is -0.383 e. The van der Waals surface area contributed by atoms with Crippen molar-refractivity contribution in [1.82, 2.24) is 4.90 Å². The maximum absolute atomic E-state index is 12.5. The number of amides is 2. The molecule has 0 saturated carbocycles. The van der Waals surface area contributed by atoms with Crippen molar-refractivity contribution in [2.45, 2.75) is 44.9 Å². The van der Waals surface area contributed by atoms with Crippen LogP contribution >= 0.6 is 0 Å². The summed E-state index contributed by atoms with van der Waals surface area (Å²) in [5.74, 6) is -0.451. The van der Waals surface area contributed by atoms with Crippen LogP contribution < -0.4 is 5.32 Å². The minimum atomic E-state index is -4.60. The first-order valence-corrected chi connectivity index (χ1v) is 8.09. The number of anilines is 1. The molecule has 1 fully saturated rings. The summed E-state index contributed by atoms with van der Waals surface area (Å²) in [4.78, 5) is 13.7. The number of alkyl halides is 3. The Morgan fingerprint density at radius 1 is 1.21 bits per heavy atom. The molecule has 1 atom stereocenters. The molecular formula is C17H23F3N2O2. The highest BCUT2D eigenvalue weighted by molar-refractivity contribution is 5.89. The molecule has 0 aliphatic carbocycles. The molecule has 0 radical (unpaired) electrons. The topological polar surface area (TPSA) is 52.6 Å². The Labute approximate surface area is 139 Å². The van der Waals surface area contributed by atoms with Gasteiger partial charge in [-0.25, -0.2) is 4.79 Å². The molecule has 0 bridgehead atoms. The molecule has 1 unspecified atom stereocenters. The second-order valence-electron chi connectivity index (χ2n) is 6.52. The highest BCUT2D eigenvalue weighted by Gasteiger charge is 2.44. The zero-order valence-electron chi connectivity index (χ0n) is 13.8. The Kier molecular flexibility index (Phi) is 5.74. The molecule has 1 aromatic carbocycles. The van der Waals surface area contributed by atoms with E-state index in [0.29, 0.717) is 11.6 Å². The second-order valence-corrected chi connectivity index (χ2v) is 6.52. The number of carbonyl (C=O) groups is 1. The first-order chi connectivity index (χ1) is 11.2. The number of carbonyl (C=O) groups excluding carboxylic acids is 1. The number of rotatable bonds is 3. The van der Waals surface area contributed by atoms with E-state index in [1.807, 2.05) is 24.3 Å². The summed E-state index contributed by atoms with van der Waals surface area (Å²) in [6.45, 7) is 4.56. The number of likely N-dealkylation sites (tertiary alicyclic amines) is 1. The quantitative estimate of drug-likeness (QED) is 0.871. The van der Waals surface area contributed by atoms with Gasteiger partial charge in [-0.3, -0.25) is 0 Å². The third-order valence-corrected chi connectivity index (χ3v) is 4.44. The third-order valence-electron chi connectivity index (χ3n) is 4.44. The molecule has 7 heteroatoms. The summed E-state index contributed by atoms with van der Waals surface area (Å²) >= 11 is 0. The lowest BCUT2D eigenvalue weighted by molar-refractivity contribution is -0.222. The number of aliphatic hydroxyl groups excluding tert-OH is 1. The summed E-state index contributed by atoms with van der Waals surface area (Å²) in [5.41, 5.74) is 1.82. The maximum atomic E-state index is 12.5. The van der Waals surface area contributed by atoms with E-state index in [1.54, 1.807) is 0 Å². The second kappa shape index (κ2) is 7.42. The van der Waals surface area contributed by atoms with Crippen LogP contribution in [0.2, 0.25) is 0 Å². The van der Waals surface area contributed by atoms with E-state index < -0.39 is 18.2 Å². The first-order valence-electron chi connectivity index (χ1n) is 8.09. The van der Waals surface area contributed by atoms with Gasteiger partial charge >= 0.3 is 12.2 Å². The first kappa shape index (κ1) is 18.6. The minimum absolute atomic E-state index is 0.139. The molecule has 1 aromatic rings. The van der Waals surface area contributed by atoms with Gasteiger partial charge in [-0.15, -0.1) is 0 Å². The van der Waals surface area contributed by atoms with Gasteiger partial charge in [-0.2, -0.15) is 13.2 Å². The lowest BCUT2D eigenvalue weighted by Crippen LogP contribution is -2.46. The van der Waals surface area contributed by atoms with Crippen LogP contribution in [0.5, 0.6) is 0 Å². The Morgan fingerprint density at radius 2 is 1.75 bits per heavy atom. The van der Waals surface area contributed by atoms with E-state index in [-0.39, 0.29) is 32.0 Å². The molecule has 2 rings (SSSR count). The molecule has 0 spiro atoms. The van der Waals surface area contributed by atoms with Crippen molar-refractivity contribution < 1.29 is 23.1 Å². The maximum Gasteiger partial charge on any atom is 0.414 e. The van der Waals surface area contributed by atoms with E-state index in [4.69, 9.17) is 0 Å². The smallest absolute Gasteiger partial charge is 0.383 e. The predicted octanol–water partition coefficient (Wildman–Crippen LogP) is 3.98. The van der Waals surface area contributed by atoms with E-state index in [0.717, 1.165) is 5.56 Å². The molecule has 1 aliphatic heterocycles. The summed E-state index contributed by atoms with van der Waals surface area (Å²) in [7, 11) is 0. The molecule has 2 amide bonds. The van der Waals surface area contributed by atoms with Gasteiger partial charge in [0.2, 0.25) is 0 Å². The van der Waals surface area contributed by atoms with Crippen LogP contribution in [0.3, 0.4) is 0 Å². The van der Waals surface area contributed by atoms with Crippen molar-refractivity contribution in [2.75, 3.05) is 18.4 Å². The Balaban J connectivity index is 1.86. The molecule has 1 saturated heterocycles. The Hall–Kier alpha value is -1.76. The number of hydrogen-bond donors (Lipinski definition) is 2. The van der Waals surface area contributed by atoms with Crippen LogP contribution in [-0.4, -0.2) is 41.4 Å². The molecule has 24 heavy (non-hydrogen) atoms. The summed E-state index contributed by atoms with van der Waals surface area (Å²) in [5, 5.41) is 12.1. The average Bonchev–Trinajstić information content (AvgIpc) is 2.54. The van der Waals surface area contributed by atoms with Crippen molar-refractivity contribution in [1.29, 1.82) is 0 Å². The van der Waals surface area contributed by atoms with Gasteiger partial charge in [0, 0.05) is 18.8 Å². The summed E-state index contributed by atoms with van der Waals surface area (Å²) in [6.07, 6.45) is -6.64. The van der Waals surface area contributed by atoms with Crippen molar-refractivity contribution in [3.05, 3.63) is 29.8 Å². The van der Waals surface area contributed by atoms with Crippen LogP contribution in [0.1, 0.15) is 38.2 Å². The molecule has 1 aliphatic rings. The molecule has 2 N–H and O–H groups in total. The number of aliphatic hydroxyl groups is 1. The van der Waals surface area contributed by atoms with Crippen molar-refractivity contribution in [2.24, 2.45) is 5.92 Å². The highest BCUT2D eigenvalue weighted by Crippen LogP contribution is 2.31. The highest BCUT2D eigenvalue weighted by atomic mass is 19.4. The molecule has 1 heterocycles. The number of piperidine rings is 1. The fourth-order valence-corrected chi connectivity index (χ4v) is 2.84. The molecular weight excluding hydrogens is 321 g/mol. The number of nitrogens with one attached hydrogen (secondary N) is 1. The molecule has 0 aromatic heterocycles. The van der Waals surface area contributed by atoms with Crippen LogP contribution in [-0.2, 0) is 0 Å². The third kappa shape index (κ3) is 4.63. The largest absolute Gasteiger partial charge is 0.414 e. The Bertz CT molecular complexity index is 550. The van der Waals surface area contributed by atoms with E-state index >= 15 is 0 Å². The van der Waals surface area contributed by atoms with Crippen LogP contribution in [0.4, 0.5) is 23.7 Å². The number of urea groups is 1. The van der Waals surface area contributed by atoms with Crippen molar-refractivity contribution >= 4 is 11.7 Å². The normalized spacial score (nSPS) is 17.9. The van der Waals surface area contributed by atoms with E-state index in [1.165, 1.54) is 4.90 Å². The number of hydrogen-bond acceptors (Lipinski definition) is 2. The molecule has 4 nitrogen and oxygen atoms in total. The summed E-state index contributed by atoms with van der Waals surface area (Å²) in [6, 6.07) is 7.17. The zero-order chi connectivity index (χ0) is 17.9. The zero-order valence-corrected chi connectivity index (χ0v) is 13.8. The lowest BCUT2D eigenvalue weighted by Gasteiger charge is -2.34. The summed E-state index contributed by atoms with van der Waals surface area (Å²) < 4.78 is 37.6. The predicted molar refractivity (Wildman–Crippen MR) is 85.9 cm³/mol. The van der Waals surface area contributed by atoms with Gasteiger partial charge in [0.1, 0.15) is 0 Å². The van der Waals surface area contributed by atoms with Crippen molar-refractivity contribution in [3.8, 4) is 0 Å². The average molecular weight is 344 g/mol. The van der Waals surface area contributed by atoms with Gasteiger partial charge in [0.05, 0.1) is 0 Å². The monoisotopic (exact) mass is 344 g/mol. The van der Waals surface area contributed by atoms with Gasteiger partial charge in [-0.05, 0) is 42.4 Å². The van der Waals surface area contributed by atoms with Crippen molar-refractivity contribution in [3.63, 3.8) is 0 Å². The van der Waals surface area contributed by atoms with E-state index in [2.05, 4.69) is 19.2 Å². The number of halogens is 3. The number of nitrogens with zero attached hydrogens (tertiary/aromatic N) is 1. The van der Waals surface area contributed by atoms with Gasteiger partial charge < -0.3 is 15.3 Å². The number of benzene rings is 1. The van der Waals surface area contributed by atoms with E-state index in [9.17, 15) is 23.1 Å². The Morgan fingerprint density at radius 3 is 2.21 bits per heavy atom. The standard InChI is InChI=1S/C17H23F3N2O2/c1-11(2)12-3-5-14(6-4-12)21-16(24)22-9-7-13(8-10-22)15(23)17(18,19)20/h3-6,11,13,15,23H,7-10H2,1-2H3,(H,21,24). The fourth-order valence-electron chi connectivity index (χ4n) is 2.84. The van der Waals surface area contributed by atoms with Gasteiger partial charge in [0.15, 0.2) is 6.10 Å². The molecule has 134 valence electrons. The van der Waals surface area contributed by atoms with Crippen LogP contribution in [0, 0.1) is 5.92 Å². The lowest BCUT2D eigenvalue weighted by atomic mass is 9.91. The SMILES string of the molecule is CC(C)c1ccc(NC(=O)N2CCC(C(O)C(F)(F)F)CC2)cc1. The fraction of sp³-hybridized carbons (Fsp3) is 0.588. The van der Waals surface area contributed by atoms with Gasteiger partial charge in [-0.1, -0.05) is 26.0 Å². The van der Waals surface area contributed by atoms with Gasteiger partial charge in [0.25, 0.3) is 0 Å². The van der Waals surface area contributed by atoms with Crippen LogP contribution in [0.15, 0.2) is 24.3 Å². The van der Waals surface area contributed by atoms with Crippen LogP contribution in [0.25, 0.3) is 0 Å².